The fourth-order valence-corrected chi connectivity index (χ4v) is 5.27. The van der Waals surface area contributed by atoms with Crippen LogP contribution in [0.4, 0.5) is 0 Å². The first-order chi connectivity index (χ1) is 15.7. The number of aromatic nitrogens is 2. The number of piperazine rings is 1. The van der Waals surface area contributed by atoms with E-state index in [1.807, 2.05) is 19.9 Å². The largest absolute Gasteiger partial charge is 0.335 e. The van der Waals surface area contributed by atoms with Crippen molar-refractivity contribution in [2.45, 2.75) is 24.8 Å². The molecule has 0 N–H and O–H groups in total. The van der Waals surface area contributed by atoms with Crippen molar-refractivity contribution in [3.05, 3.63) is 70.1 Å². The summed E-state index contributed by atoms with van der Waals surface area (Å²) in [7, 11) is -3.73. The molecule has 3 aromatic rings. The number of nitriles is 1. The van der Waals surface area contributed by atoms with Crippen molar-refractivity contribution in [1.29, 1.82) is 5.26 Å². The molecule has 2 heterocycles. The highest BCUT2D eigenvalue weighted by Gasteiger charge is 2.32. The topological polar surface area (TPSA) is 116 Å². The summed E-state index contributed by atoms with van der Waals surface area (Å²) in [5.74, 6) is -0.337. The minimum Gasteiger partial charge on any atom is -0.335 e. The molecule has 0 atom stereocenters. The fraction of sp³-hybridized carbons (Fsp3) is 0.304. The zero-order chi connectivity index (χ0) is 23.8. The van der Waals surface area contributed by atoms with Crippen LogP contribution >= 0.6 is 0 Å². The Morgan fingerprint density at radius 2 is 1.61 bits per heavy atom. The molecule has 0 saturated carbocycles. The molecule has 2 aromatic carbocycles. The molecular formula is C23H23N5O4S. The van der Waals surface area contributed by atoms with Gasteiger partial charge in [-0.3, -0.25) is 9.59 Å². The van der Waals surface area contributed by atoms with Crippen molar-refractivity contribution in [2.24, 2.45) is 0 Å². The standard InChI is InChI=1S/C23H23N5O4S/c1-16(2)28-22(29)20-6-4-3-5-19(20)21(25-28)23(30)26-11-13-27(14-12-26)33(31,32)18-9-7-17(15-24)8-10-18/h3-10,16H,11-14H2,1-2H3. The second-order valence-corrected chi connectivity index (χ2v) is 10.0. The van der Waals surface area contributed by atoms with Crippen LogP contribution in [-0.4, -0.2) is 59.5 Å². The van der Waals surface area contributed by atoms with Gasteiger partial charge in [-0.05, 0) is 44.2 Å². The van der Waals surface area contributed by atoms with Gasteiger partial charge < -0.3 is 4.90 Å². The van der Waals surface area contributed by atoms with Crippen molar-refractivity contribution in [1.82, 2.24) is 19.0 Å². The number of sulfonamides is 1. The van der Waals surface area contributed by atoms with Crippen LogP contribution in [0.1, 0.15) is 35.9 Å². The first-order valence-electron chi connectivity index (χ1n) is 10.5. The molecule has 0 aliphatic carbocycles. The van der Waals surface area contributed by atoms with E-state index in [2.05, 4.69) is 5.10 Å². The lowest BCUT2D eigenvalue weighted by Gasteiger charge is -2.34. The molecular weight excluding hydrogens is 442 g/mol. The monoisotopic (exact) mass is 465 g/mol. The van der Waals surface area contributed by atoms with Gasteiger partial charge in [0.25, 0.3) is 11.5 Å². The van der Waals surface area contributed by atoms with Crippen molar-refractivity contribution < 1.29 is 13.2 Å². The maximum atomic E-state index is 13.3. The third-order valence-corrected chi connectivity index (χ3v) is 7.58. The Morgan fingerprint density at radius 3 is 2.18 bits per heavy atom. The van der Waals surface area contributed by atoms with E-state index in [-0.39, 0.29) is 54.3 Å². The third kappa shape index (κ3) is 4.13. The summed E-state index contributed by atoms with van der Waals surface area (Å²) < 4.78 is 28.5. The van der Waals surface area contributed by atoms with E-state index in [1.165, 1.54) is 33.3 Å². The minimum atomic E-state index is -3.73. The third-order valence-electron chi connectivity index (χ3n) is 5.67. The first-order valence-corrected chi connectivity index (χ1v) is 12.0. The normalized spacial score (nSPS) is 15.0. The second kappa shape index (κ2) is 8.77. The lowest BCUT2D eigenvalue weighted by Crippen LogP contribution is -2.50. The number of hydrogen-bond donors (Lipinski definition) is 0. The molecule has 1 amide bonds. The summed E-state index contributed by atoms with van der Waals surface area (Å²) in [6.07, 6.45) is 0. The zero-order valence-corrected chi connectivity index (χ0v) is 19.1. The molecule has 10 heteroatoms. The van der Waals surface area contributed by atoms with Crippen molar-refractivity contribution in [3.8, 4) is 6.07 Å². The molecule has 0 spiro atoms. The van der Waals surface area contributed by atoms with Gasteiger partial charge in [0.2, 0.25) is 10.0 Å². The van der Waals surface area contributed by atoms with Gasteiger partial charge in [0.15, 0.2) is 5.69 Å². The van der Waals surface area contributed by atoms with Crippen LogP contribution in [0.3, 0.4) is 0 Å². The number of fused-ring (bicyclic) bond motifs is 1. The molecule has 33 heavy (non-hydrogen) atoms. The van der Waals surface area contributed by atoms with Gasteiger partial charge in [0.05, 0.1) is 28.0 Å². The summed E-state index contributed by atoms with van der Waals surface area (Å²) in [6, 6.07) is 14.4. The Kier molecular flexibility index (Phi) is 6.01. The predicted molar refractivity (Wildman–Crippen MR) is 122 cm³/mol. The van der Waals surface area contributed by atoms with Crippen LogP contribution < -0.4 is 5.56 Å². The van der Waals surface area contributed by atoms with Crippen molar-refractivity contribution in [2.75, 3.05) is 26.2 Å². The molecule has 1 aromatic heterocycles. The van der Waals surface area contributed by atoms with E-state index in [0.29, 0.717) is 16.3 Å². The maximum absolute atomic E-state index is 13.3. The van der Waals surface area contributed by atoms with Gasteiger partial charge in [-0.15, -0.1) is 0 Å². The van der Waals surface area contributed by atoms with Crippen LogP contribution in [0, 0.1) is 11.3 Å². The Bertz CT molecular complexity index is 1410. The van der Waals surface area contributed by atoms with Gasteiger partial charge in [-0.1, -0.05) is 18.2 Å². The zero-order valence-electron chi connectivity index (χ0n) is 18.3. The average molecular weight is 466 g/mol. The van der Waals surface area contributed by atoms with Crippen LogP contribution in [0.5, 0.6) is 0 Å². The molecule has 1 fully saturated rings. The Morgan fingerprint density at radius 1 is 1.00 bits per heavy atom. The lowest BCUT2D eigenvalue weighted by molar-refractivity contribution is 0.0691. The predicted octanol–water partition coefficient (Wildman–Crippen LogP) is 2.00. The summed E-state index contributed by atoms with van der Waals surface area (Å²) in [5.41, 5.74) is 0.310. The molecule has 1 aliphatic rings. The molecule has 1 saturated heterocycles. The Labute approximate surface area is 191 Å². The second-order valence-electron chi connectivity index (χ2n) is 8.07. The number of rotatable bonds is 4. The smallest absolute Gasteiger partial charge is 0.275 e. The van der Waals surface area contributed by atoms with E-state index in [9.17, 15) is 18.0 Å². The summed E-state index contributed by atoms with van der Waals surface area (Å²) in [5, 5.41) is 14.2. The van der Waals surface area contributed by atoms with Crippen LogP contribution in [0.25, 0.3) is 10.8 Å². The van der Waals surface area contributed by atoms with E-state index in [4.69, 9.17) is 5.26 Å². The van der Waals surface area contributed by atoms with E-state index < -0.39 is 10.0 Å². The molecule has 0 radical (unpaired) electrons. The first kappa shape index (κ1) is 22.6. The van der Waals surface area contributed by atoms with Crippen molar-refractivity contribution in [3.63, 3.8) is 0 Å². The fourth-order valence-electron chi connectivity index (χ4n) is 3.85. The van der Waals surface area contributed by atoms with Crippen LogP contribution in [0.2, 0.25) is 0 Å². The van der Waals surface area contributed by atoms with Gasteiger partial charge in [0, 0.05) is 31.6 Å². The number of carbonyl (C=O) groups excluding carboxylic acids is 1. The molecule has 0 unspecified atom stereocenters. The Hall–Kier alpha value is -3.55. The van der Waals surface area contributed by atoms with Crippen LogP contribution in [-0.2, 0) is 10.0 Å². The Balaban J connectivity index is 1.58. The molecule has 4 rings (SSSR count). The SMILES string of the molecule is CC(C)n1nc(C(=O)N2CCN(S(=O)(=O)c3ccc(C#N)cc3)CC2)c2ccccc2c1=O. The minimum absolute atomic E-state index is 0.109. The van der Waals surface area contributed by atoms with Gasteiger partial charge in [-0.25, -0.2) is 13.1 Å². The number of benzene rings is 2. The summed E-state index contributed by atoms with van der Waals surface area (Å²) in [6.45, 7) is 4.32. The van der Waals surface area contributed by atoms with E-state index in [1.54, 1.807) is 29.2 Å². The number of nitrogens with zero attached hydrogens (tertiary/aromatic N) is 5. The summed E-state index contributed by atoms with van der Waals surface area (Å²) in [4.78, 5) is 27.8. The van der Waals surface area contributed by atoms with Crippen LogP contribution in [0.15, 0.2) is 58.2 Å². The van der Waals surface area contributed by atoms with Gasteiger partial charge >= 0.3 is 0 Å². The molecule has 1 aliphatic heterocycles. The highest BCUT2D eigenvalue weighted by molar-refractivity contribution is 7.89. The summed E-state index contributed by atoms with van der Waals surface area (Å²) >= 11 is 0. The molecule has 0 bridgehead atoms. The number of amides is 1. The van der Waals surface area contributed by atoms with E-state index in [0.717, 1.165) is 0 Å². The van der Waals surface area contributed by atoms with Gasteiger partial charge in [-0.2, -0.15) is 14.7 Å². The lowest BCUT2D eigenvalue weighted by atomic mass is 10.1. The quantitative estimate of drug-likeness (QED) is 0.582. The van der Waals surface area contributed by atoms with E-state index >= 15 is 0 Å². The number of carbonyl (C=O) groups is 1. The highest BCUT2D eigenvalue weighted by Crippen LogP contribution is 2.21. The van der Waals surface area contributed by atoms with Gasteiger partial charge in [0.1, 0.15) is 0 Å². The van der Waals surface area contributed by atoms with Crippen molar-refractivity contribution >= 4 is 26.7 Å². The maximum Gasteiger partial charge on any atom is 0.275 e. The highest BCUT2D eigenvalue weighted by atomic mass is 32.2. The average Bonchev–Trinajstić information content (AvgIpc) is 2.84. The molecule has 170 valence electrons. The number of hydrogen-bond acceptors (Lipinski definition) is 6. The molecule has 9 nitrogen and oxygen atoms in total.